The van der Waals surface area contributed by atoms with Gasteiger partial charge in [-0.05, 0) is 45.5 Å². The van der Waals surface area contributed by atoms with Crippen LogP contribution in [0.4, 0.5) is 0 Å². The van der Waals surface area contributed by atoms with Crippen molar-refractivity contribution < 1.29 is 9.21 Å². The molecule has 3 N–H and O–H groups in total. The average Bonchev–Trinajstić information content (AvgIpc) is 3.23. The number of rotatable bonds is 6. The second-order valence-electron chi connectivity index (χ2n) is 5.97. The number of benzene rings is 1. The number of fused-ring (bicyclic) bond motifs is 1. The van der Waals surface area contributed by atoms with Gasteiger partial charge in [0.2, 0.25) is 5.89 Å². The molecule has 7 heteroatoms. The SMILES string of the molecule is CNC(C)CC(C)NC(=O)c1n[nH]c2cc(-c3ncco3)ccc12. The fourth-order valence-electron chi connectivity index (χ4n) is 2.69. The van der Waals surface area contributed by atoms with E-state index in [-0.39, 0.29) is 11.9 Å². The molecule has 1 aromatic carbocycles. The van der Waals surface area contributed by atoms with Crippen molar-refractivity contribution in [1.29, 1.82) is 0 Å². The van der Waals surface area contributed by atoms with E-state index < -0.39 is 0 Å². The Morgan fingerprint density at radius 3 is 2.88 bits per heavy atom. The second-order valence-corrected chi connectivity index (χ2v) is 5.97. The quantitative estimate of drug-likeness (QED) is 0.646. The van der Waals surface area contributed by atoms with Crippen molar-refractivity contribution in [2.24, 2.45) is 0 Å². The molecule has 126 valence electrons. The largest absolute Gasteiger partial charge is 0.445 e. The Labute approximate surface area is 139 Å². The first-order valence-electron chi connectivity index (χ1n) is 7.94. The molecule has 2 atom stereocenters. The number of oxazole rings is 1. The van der Waals surface area contributed by atoms with E-state index in [1.807, 2.05) is 32.2 Å². The van der Waals surface area contributed by atoms with Crippen LogP contribution < -0.4 is 10.6 Å². The van der Waals surface area contributed by atoms with Gasteiger partial charge in [0, 0.05) is 23.0 Å². The van der Waals surface area contributed by atoms with Crippen molar-refractivity contribution in [1.82, 2.24) is 25.8 Å². The molecule has 3 aromatic rings. The molecule has 1 amide bonds. The molecule has 0 fully saturated rings. The highest BCUT2D eigenvalue weighted by Gasteiger charge is 2.18. The number of nitrogens with one attached hydrogen (secondary N) is 3. The maximum absolute atomic E-state index is 12.5. The molecule has 0 aliphatic heterocycles. The smallest absolute Gasteiger partial charge is 0.272 e. The van der Waals surface area contributed by atoms with Gasteiger partial charge in [0.25, 0.3) is 5.91 Å². The molecule has 3 rings (SSSR count). The predicted molar refractivity (Wildman–Crippen MR) is 91.7 cm³/mol. The number of hydrogen-bond donors (Lipinski definition) is 3. The summed E-state index contributed by atoms with van der Waals surface area (Å²) in [6.07, 6.45) is 3.97. The molecule has 24 heavy (non-hydrogen) atoms. The van der Waals surface area contributed by atoms with Gasteiger partial charge in [-0.1, -0.05) is 0 Å². The maximum Gasteiger partial charge on any atom is 0.272 e. The van der Waals surface area contributed by atoms with E-state index in [1.54, 1.807) is 6.20 Å². The first kappa shape index (κ1) is 16.2. The summed E-state index contributed by atoms with van der Waals surface area (Å²) in [6, 6.07) is 5.98. The van der Waals surface area contributed by atoms with Crippen LogP contribution in [-0.2, 0) is 0 Å². The molecule has 2 unspecified atom stereocenters. The van der Waals surface area contributed by atoms with Crippen LogP contribution in [0.2, 0.25) is 0 Å². The maximum atomic E-state index is 12.5. The van der Waals surface area contributed by atoms with E-state index in [9.17, 15) is 4.79 Å². The van der Waals surface area contributed by atoms with Gasteiger partial charge < -0.3 is 15.1 Å². The minimum absolute atomic E-state index is 0.0540. The Kier molecular flexibility index (Phi) is 4.61. The zero-order valence-corrected chi connectivity index (χ0v) is 14.0. The third-order valence-corrected chi connectivity index (χ3v) is 4.03. The Balaban J connectivity index is 1.79. The van der Waals surface area contributed by atoms with E-state index in [2.05, 4.69) is 32.7 Å². The number of carbonyl (C=O) groups excluding carboxylic acids is 1. The Bertz CT molecular complexity index is 825. The zero-order chi connectivity index (χ0) is 17.1. The van der Waals surface area contributed by atoms with Gasteiger partial charge in [-0.25, -0.2) is 4.98 Å². The molecular weight excluding hydrogens is 306 g/mol. The zero-order valence-electron chi connectivity index (χ0n) is 14.0. The summed E-state index contributed by atoms with van der Waals surface area (Å²) in [5.41, 5.74) is 2.00. The van der Waals surface area contributed by atoms with Crippen LogP contribution in [0.3, 0.4) is 0 Å². The van der Waals surface area contributed by atoms with Crippen molar-refractivity contribution in [2.45, 2.75) is 32.4 Å². The third-order valence-electron chi connectivity index (χ3n) is 4.03. The van der Waals surface area contributed by atoms with Crippen LogP contribution in [0, 0.1) is 0 Å². The number of amides is 1. The Hall–Kier alpha value is -2.67. The fraction of sp³-hybridized carbons (Fsp3) is 0.353. The van der Waals surface area contributed by atoms with Crippen molar-refractivity contribution >= 4 is 16.8 Å². The number of nitrogens with zero attached hydrogens (tertiary/aromatic N) is 2. The third kappa shape index (κ3) is 3.30. The van der Waals surface area contributed by atoms with Crippen LogP contribution in [0.1, 0.15) is 30.8 Å². The van der Waals surface area contributed by atoms with Gasteiger partial charge >= 0.3 is 0 Å². The highest BCUT2D eigenvalue weighted by Crippen LogP contribution is 2.23. The van der Waals surface area contributed by atoms with Crippen LogP contribution >= 0.6 is 0 Å². The molecule has 2 heterocycles. The normalized spacial score (nSPS) is 13.8. The van der Waals surface area contributed by atoms with E-state index in [0.29, 0.717) is 17.6 Å². The molecule has 7 nitrogen and oxygen atoms in total. The highest BCUT2D eigenvalue weighted by molar-refractivity contribution is 6.05. The molecule has 0 aliphatic rings. The molecule has 0 radical (unpaired) electrons. The van der Waals surface area contributed by atoms with Crippen molar-refractivity contribution in [3.05, 3.63) is 36.4 Å². The van der Waals surface area contributed by atoms with Crippen molar-refractivity contribution in [3.8, 4) is 11.5 Å². The van der Waals surface area contributed by atoms with Gasteiger partial charge in [-0.2, -0.15) is 5.10 Å². The summed E-state index contributed by atoms with van der Waals surface area (Å²) in [5.74, 6) is 0.355. The standard InChI is InChI=1S/C17H21N5O2/c1-10(18-3)8-11(2)20-16(23)15-13-5-4-12(9-14(13)21-22-15)17-19-6-7-24-17/h4-7,9-11,18H,8H2,1-3H3,(H,20,23)(H,21,22). The Morgan fingerprint density at radius 2 is 2.17 bits per heavy atom. The second kappa shape index (κ2) is 6.84. The minimum atomic E-state index is -0.180. The first-order valence-corrected chi connectivity index (χ1v) is 7.94. The van der Waals surface area contributed by atoms with Crippen molar-refractivity contribution in [3.63, 3.8) is 0 Å². The topological polar surface area (TPSA) is 95.8 Å². The van der Waals surface area contributed by atoms with Gasteiger partial charge in [-0.3, -0.25) is 9.89 Å². The summed E-state index contributed by atoms with van der Waals surface area (Å²) in [7, 11) is 1.91. The molecule has 0 aliphatic carbocycles. The van der Waals surface area contributed by atoms with Gasteiger partial charge in [0.05, 0.1) is 11.7 Å². The van der Waals surface area contributed by atoms with Gasteiger partial charge in [0.1, 0.15) is 6.26 Å². The summed E-state index contributed by atoms with van der Waals surface area (Å²) in [6.45, 7) is 4.07. The summed E-state index contributed by atoms with van der Waals surface area (Å²) in [4.78, 5) is 16.6. The molecule has 0 spiro atoms. The molecular formula is C17H21N5O2. The summed E-state index contributed by atoms with van der Waals surface area (Å²) in [5, 5.41) is 14.0. The lowest BCUT2D eigenvalue weighted by Crippen LogP contribution is -2.37. The van der Waals surface area contributed by atoms with Crippen LogP contribution in [0.25, 0.3) is 22.4 Å². The lowest BCUT2D eigenvalue weighted by atomic mass is 10.1. The Morgan fingerprint density at radius 1 is 1.33 bits per heavy atom. The summed E-state index contributed by atoms with van der Waals surface area (Å²) >= 11 is 0. The fourth-order valence-corrected chi connectivity index (χ4v) is 2.69. The molecule has 0 saturated carbocycles. The first-order chi connectivity index (χ1) is 11.6. The van der Waals surface area contributed by atoms with E-state index in [4.69, 9.17) is 4.42 Å². The molecule has 2 aromatic heterocycles. The molecule has 0 bridgehead atoms. The van der Waals surface area contributed by atoms with Crippen LogP contribution in [0.15, 0.2) is 35.1 Å². The number of hydrogen-bond acceptors (Lipinski definition) is 5. The lowest BCUT2D eigenvalue weighted by molar-refractivity contribution is 0.0933. The highest BCUT2D eigenvalue weighted by atomic mass is 16.3. The van der Waals surface area contributed by atoms with Crippen LogP contribution in [0.5, 0.6) is 0 Å². The minimum Gasteiger partial charge on any atom is -0.445 e. The van der Waals surface area contributed by atoms with Gasteiger partial charge in [-0.15, -0.1) is 0 Å². The van der Waals surface area contributed by atoms with E-state index in [1.165, 1.54) is 6.26 Å². The van der Waals surface area contributed by atoms with E-state index in [0.717, 1.165) is 22.9 Å². The van der Waals surface area contributed by atoms with Crippen molar-refractivity contribution in [2.75, 3.05) is 7.05 Å². The van der Waals surface area contributed by atoms with Crippen LogP contribution in [-0.4, -0.2) is 40.2 Å². The lowest BCUT2D eigenvalue weighted by Gasteiger charge is -2.17. The number of H-pyrrole nitrogens is 1. The summed E-state index contributed by atoms with van der Waals surface area (Å²) < 4.78 is 5.29. The predicted octanol–water partition coefficient (Wildman–Crippen LogP) is 2.33. The number of aromatic nitrogens is 3. The van der Waals surface area contributed by atoms with E-state index >= 15 is 0 Å². The molecule has 0 saturated heterocycles. The number of carbonyl (C=O) groups is 1. The average molecular weight is 327 g/mol. The monoisotopic (exact) mass is 327 g/mol. The number of aromatic amines is 1. The van der Waals surface area contributed by atoms with Gasteiger partial charge in [0.15, 0.2) is 5.69 Å².